The van der Waals surface area contributed by atoms with E-state index in [9.17, 15) is 24.4 Å². The Morgan fingerprint density at radius 3 is 1.55 bits per heavy atom. The largest absolute Gasteiger partial charge is 0.497 e. The topological polar surface area (TPSA) is 234 Å². The van der Waals surface area contributed by atoms with Gasteiger partial charge in [-0.3, -0.25) is 24.4 Å². The third-order valence-electron chi connectivity index (χ3n) is 11.6. The number of hydrogen-bond donors (Lipinski definition) is 6. The Hall–Kier alpha value is -6.30. The van der Waals surface area contributed by atoms with Crippen molar-refractivity contribution in [1.82, 2.24) is 40.4 Å². The second-order valence-corrected chi connectivity index (χ2v) is 18.6. The van der Waals surface area contributed by atoms with Crippen molar-refractivity contribution in [2.45, 2.75) is 90.0 Å². The van der Waals surface area contributed by atoms with Gasteiger partial charge in [-0.1, -0.05) is 36.4 Å². The zero-order valence-corrected chi connectivity index (χ0v) is 38.4. The van der Waals surface area contributed by atoms with Crippen LogP contribution in [-0.4, -0.2) is 121 Å². The van der Waals surface area contributed by atoms with Crippen molar-refractivity contribution in [3.8, 4) is 11.5 Å². The lowest BCUT2D eigenvalue weighted by molar-refractivity contribution is -0.145. The number of carbonyl (C=O) groups excluding carboxylic acids is 3. The highest BCUT2D eigenvalue weighted by Gasteiger charge is 2.46. The maximum atomic E-state index is 15.4. The molecule has 0 aliphatic carbocycles. The number of aliphatic hydroxyl groups excluding tert-OH is 2. The van der Waals surface area contributed by atoms with E-state index in [1.165, 1.54) is 13.8 Å². The molecule has 19 heteroatoms. The average molecular weight is 925 g/mol. The first-order valence-corrected chi connectivity index (χ1v) is 23.8. The van der Waals surface area contributed by atoms with Crippen LogP contribution < -0.4 is 19.6 Å². The van der Waals surface area contributed by atoms with E-state index in [0.717, 1.165) is 38.5 Å². The minimum atomic E-state index is -3.80. The van der Waals surface area contributed by atoms with Gasteiger partial charge in [0.25, 0.3) is 0 Å². The molecule has 1 fully saturated rings. The summed E-state index contributed by atoms with van der Waals surface area (Å²) in [5.41, 5.74) is 4.82. The van der Waals surface area contributed by atoms with Gasteiger partial charge in [0, 0.05) is 23.9 Å². The monoisotopic (exact) mass is 924 g/mol. The summed E-state index contributed by atoms with van der Waals surface area (Å²) in [6.07, 6.45) is 0.559. The van der Waals surface area contributed by atoms with Crippen LogP contribution in [0.5, 0.6) is 11.5 Å². The highest BCUT2D eigenvalue weighted by Crippen LogP contribution is 2.39. The third-order valence-corrected chi connectivity index (χ3v) is 13.7. The molecule has 3 heterocycles. The SMILES string of the molecule is CCOC(=O)[C@H](C)NP(=O)(COc1ccc(C[C@@H]2[C@H](O)[C@@H](O)[C@@H](Cc3ccc(OC)cc3)N(Cc3ccc4[nH]ncc4c3)C(=O)N2Cc2ccc3[nH]ncc3c2)cc1)N[C@@H](C)C(=O)OCC. The molecule has 1 aliphatic rings. The van der Waals surface area contributed by atoms with E-state index >= 15 is 4.79 Å². The predicted molar refractivity (Wildman–Crippen MR) is 247 cm³/mol. The fourth-order valence-electron chi connectivity index (χ4n) is 8.19. The van der Waals surface area contributed by atoms with Crippen LogP contribution in [0.4, 0.5) is 4.79 Å². The first kappa shape index (κ1) is 47.7. The first-order valence-electron chi connectivity index (χ1n) is 21.9. The molecule has 66 heavy (non-hydrogen) atoms. The number of aromatic nitrogens is 4. The molecule has 0 radical (unpaired) electrons. The van der Waals surface area contributed by atoms with Gasteiger partial charge < -0.3 is 39.0 Å². The molecule has 1 saturated heterocycles. The molecule has 350 valence electrons. The number of nitrogens with zero attached hydrogens (tertiary/aromatic N) is 4. The molecule has 4 aromatic carbocycles. The summed E-state index contributed by atoms with van der Waals surface area (Å²) in [7, 11) is -2.22. The fraction of sp³-hybridized carbons (Fsp3) is 0.383. The minimum Gasteiger partial charge on any atom is -0.497 e. The lowest BCUT2D eigenvalue weighted by Crippen LogP contribution is -2.50. The normalized spacial score (nSPS) is 18.8. The Morgan fingerprint density at radius 2 is 1.12 bits per heavy atom. The van der Waals surface area contributed by atoms with Crippen LogP contribution in [0.1, 0.15) is 49.9 Å². The second kappa shape index (κ2) is 21.3. The van der Waals surface area contributed by atoms with Crippen molar-refractivity contribution < 1.29 is 48.1 Å². The molecule has 2 aromatic heterocycles. The van der Waals surface area contributed by atoms with Gasteiger partial charge in [-0.05, 0) is 111 Å². The summed E-state index contributed by atoms with van der Waals surface area (Å²) < 4.78 is 35.8. The molecular weight excluding hydrogens is 868 g/mol. The van der Waals surface area contributed by atoms with Crippen LogP contribution >= 0.6 is 7.44 Å². The number of hydrogen-bond acceptors (Lipinski definition) is 12. The van der Waals surface area contributed by atoms with Gasteiger partial charge in [-0.15, -0.1) is 0 Å². The van der Waals surface area contributed by atoms with Gasteiger partial charge in [0.05, 0.1) is 55.8 Å². The summed E-state index contributed by atoms with van der Waals surface area (Å²) in [6, 6.07) is 21.6. The summed E-state index contributed by atoms with van der Waals surface area (Å²) in [4.78, 5) is 43.6. The van der Waals surface area contributed by atoms with Crippen molar-refractivity contribution in [1.29, 1.82) is 0 Å². The number of nitrogens with one attached hydrogen (secondary N) is 4. The third kappa shape index (κ3) is 11.4. The van der Waals surface area contributed by atoms with Gasteiger partial charge in [-0.25, -0.2) is 15.0 Å². The van der Waals surface area contributed by atoms with Crippen LogP contribution in [0.2, 0.25) is 0 Å². The van der Waals surface area contributed by atoms with E-state index < -0.39 is 62.1 Å². The highest BCUT2D eigenvalue weighted by molar-refractivity contribution is 7.59. The van der Waals surface area contributed by atoms with E-state index in [2.05, 4.69) is 30.6 Å². The molecule has 1 aliphatic heterocycles. The van der Waals surface area contributed by atoms with Crippen LogP contribution in [-0.2, 0) is 49.6 Å². The highest BCUT2D eigenvalue weighted by atomic mass is 31.2. The number of aliphatic hydroxyl groups is 2. The molecule has 2 amide bonds. The maximum absolute atomic E-state index is 15.4. The molecule has 6 aromatic rings. The van der Waals surface area contributed by atoms with Crippen molar-refractivity contribution in [3.05, 3.63) is 120 Å². The number of esters is 2. The number of methoxy groups -OCH3 is 1. The van der Waals surface area contributed by atoms with E-state index in [0.29, 0.717) is 17.1 Å². The van der Waals surface area contributed by atoms with E-state index in [1.54, 1.807) is 67.4 Å². The van der Waals surface area contributed by atoms with Gasteiger partial charge >= 0.3 is 18.0 Å². The van der Waals surface area contributed by atoms with Crippen molar-refractivity contribution in [2.75, 3.05) is 26.7 Å². The van der Waals surface area contributed by atoms with Crippen molar-refractivity contribution in [2.24, 2.45) is 0 Å². The Kier molecular flexibility index (Phi) is 15.4. The summed E-state index contributed by atoms with van der Waals surface area (Å²) in [5.74, 6) is -0.274. The van der Waals surface area contributed by atoms with Crippen LogP contribution in [0, 0.1) is 0 Å². The van der Waals surface area contributed by atoms with E-state index in [4.69, 9.17) is 18.9 Å². The van der Waals surface area contributed by atoms with E-state index in [-0.39, 0.29) is 45.2 Å². The molecule has 0 bridgehead atoms. The smallest absolute Gasteiger partial charge is 0.323 e. The number of fused-ring (bicyclic) bond motifs is 2. The second-order valence-electron chi connectivity index (χ2n) is 16.4. The Balaban J connectivity index is 1.19. The molecule has 0 unspecified atom stereocenters. The van der Waals surface area contributed by atoms with Crippen LogP contribution in [0.25, 0.3) is 21.8 Å². The predicted octanol–water partition coefficient (Wildman–Crippen LogP) is 5.44. The van der Waals surface area contributed by atoms with Gasteiger partial charge in [0.1, 0.15) is 35.8 Å². The summed E-state index contributed by atoms with van der Waals surface area (Å²) >= 11 is 0. The zero-order chi connectivity index (χ0) is 47.0. The lowest BCUT2D eigenvalue weighted by atomic mass is 9.90. The molecule has 18 nitrogen and oxygen atoms in total. The van der Waals surface area contributed by atoms with Gasteiger partial charge in [-0.2, -0.15) is 10.2 Å². The van der Waals surface area contributed by atoms with Crippen molar-refractivity contribution in [3.63, 3.8) is 0 Å². The van der Waals surface area contributed by atoms with Crippen LogP contribution in [0.15, 0.2) is 97.3 Å². The zero-order valence-electron chi connectivity index (χ0n) is 37.5. The number of urea groups is 1. The number of amides is 2. The Bertz CT molecular complexity index is 2610. The fourth-order valence-corrected chi connectivity index (χ4v) is 10.2. The number of aromatic amines is 2. The summed E-state index contributed by atoms with van der Waals surface area (Å²) in [5, 5.41) is 46.2. The molecule has 0 saturated carbocycles. The van der Waals surface area contributed by atoms with Crippen molar-refractivity contribution >= 4 is 47.2 Å². The van der Waals surface area contributed by atoms with Gasteiger partial charge in [0.2, 0.25) is 7.44 Å². The number of rotatable bonds is 20. The Labute approximate surface area is 382 Å². The standard InChI is InChI=1S/C47H57N8O10P/c1-6-63-45(58)29(3)52-66(61,53-30(4)46(59)64-7-2)28-65-38-16-10-32(11-17-38)23-42-44(57)43(56)41(22-31-8-14-37(62-5)15-9-31)54(26-33-12-18-39-35(20-33)24-48-50-39)47(60)55(42)27-34-13-19-40-36(21-34)25-49-51-40/h8-21,24-25,29-30,41-44,56-57H,6-7,22-23,26-28H2,1-5H3,(H,48,50)(H,49,51)(H2,52,53,61)/t29-,30-,41+,42+,43-,44-/m0/s1. The van der Waals surface area contributed by atoms with Gasteiger partial charge in [0.15, 0.2) is 6.35 Å². The summed E-state index contributed by atoms with van der Waals surface area (Å²) in [6.45, 7) is 6.80. The number of ether oxygens (including phenoxy) is 4. The molecule has 0 spiro atoms. The minimum absolute atomic E-state index is 0.103. The molecule has 6 N–H and O–H groups in total. The first-order chi connectivity index (χ1) is 31.8. The molecule has 7 rings (SSSR count). The average Bonchev–Trinajstić information content (AvgIpc) is 3.99. The quantitative estimate of drug-likeness (QED) is 0.0414. The van der Waals surface area contributed by atoms with Crippen LogP contribution in [0.3, 0.4) is 0 Å². The maximum Gasteiger partial charge on any atom is 0.323 e. The lowest BCUT2D eigenvalue weighted by Gasteiger charge is -2.36. The van der Waals surface area contributed by atoms with E-state index in [1.807, 2.05) is 60.7 Å². The number of H-pyrrole nitrogens is 2. The molecular formula is C47H57N8O10P. The Morgan fingerprint density at radius 1 is 0.697 bits per heavy atom. The molecule has 6 atom stereocenters. The number of benzene rings is 4. The number of carbonyl (C=O) groups is 3.